The zero-order chi connectivity index (χ0) is 21.7. The quantitative estimate of drug-likeness (QED) is 0.760. The molecular weight excluding hydrogens is 398 g/mol. The van der Waals surface area contributed by atoms with Crippen molar-refractivity contribution in [3.8, 4) is 0 Å². The number of rotatable bonds is 2. The number of benzene rings is 1. The van der Waals surface area contributed by atoms with Crippen molar-refractivity contribution in [1.82, 2.24) is 10.4 Å². The Morgan fingerprint density at radius 2 is 1.81 bits per heavy atom. The van der Waals surface area contributed by atoms with Crippen molar-refractivity contribution in [2.24, 2.45) is 16.0 Å². The minimum Gasteiger partial charge on any atom is -0.357 e. The molecule has 8 heteroatoms. The average Bonchev–Trinajstić information content (AvgIpc) is 3.00. The molecule has 6 nitrogen and oxygen atoms in total. The van der Waals surface area contributed by atoms with Gasteiger partial charge in [0.05, 0.1) is 28.7 Å². The van der Waals surface area contributed by atoms with Crippen molar-refractivity contribution in [2.75, 3.05) is 23.3 Å². The van der Waals surface area contributed by atoms with Crippen LogP contribution in [-0.4, -0.2) is 35.7 Å². The molecule has 0 spiro atoms. The molecule has 0 aliphatic carbocycles. The Morgan fingerprint density at radius 1 is 1.10 bits per heavy atom. The Morgan fingerprint density at radius 3 is 2.52 bits per heavy atom. The maximum absolute atomic E-state index is 14.6. The number of amidine groups is 1. The average molecular weight is 424 g/mol. The third kappa shape index (κ3) is 3.43. The summed E-state index contributed by atoms with van der Waals surface area (Å²) in [6.45, 7) is 8.02. The lowest BCUT2D eigenvalue weighted by molar-refractivity contribution is 0.436. The van der Waals surface area contributed by atoms with Crippen LogP contribution in [0.1, 0.15) is 49.6 Å². The van der Waals surface area contributed by atoms with Crippen LogP contribution in [0.25, 0.3) is 0 Å². The second-order valence-electron chi connectivity index (χ2n) is 8.70. The van der Waals surface area contributed by atoms with Crippen molar-refractivity contribution < 1.29 is 8.78 Å². The standard InChI is InChI=1S/C23H26F2N6/c1-12-7-9-31(10-8-12)18-11-15-20(13(2)26-18)27-23(19-16(24)5-4-6-17(19)25)28-21-14(3)29-30-22(15)21/h4-6,11-12,21-22,30H,7-10H2,1-3H3,(H,27,28). The molecule has 3 aliphatic rings. The second kappa shape index (κ2) is 7.59. The number of fused-ring (bicyclic) bond motifs is 3. The number of hydrogen-bond donors (Lipinski definition) is 2. The molecule has 31 heavy (non-hydrogen) atoms. The van der Waals surface area contributed by atoms with Crippen LogP contribution in [0.2, 0.25) is 0 Å². The minimum atomic E-state index is -0.656. The van der Waals surface area contributed by atoms with Crippen molar-refractivity contribution >= 4 is 23.1 Å². The van der Waals surface area contributed by atoms with Crippen LogP contribution in [0.15, 0.2) is 34.4 Å². The van der Waals surface area contributed by atoms with E-state index in [4.69, 9.17) is 9.98 Å². The number of aryl methyl sites for hydroxylation is 1. The fourth-order valence-corrected chi connectivity index (χ4v) is 4.59. The molecule has 1 saturated heterocycles. The fraction of sp³-hybridized carbons (Fsp3) is 0.435. The summed E-state index contributed by atoms with van der Waals surface area (Å²) in [6, 6.07) is 5.32. The first-order valence-electron chi connectivity index (χ1n) is 10.8. The highest BCUT2D eigenvalue weighted by molar-refractivity contribution is 6.11. The summed E-state index contributed by atoms with van der Waals surface area (Å²) in [5.74, 6) is 0.499. The summed E-state index contributed by atoms with van der Waals surface area (Å²) < 4.78 is 29.2. The van der Waals surface area contributed by atoms with E-state index in [0.29, 0.717) is 0 Å². The Balaban J connectivity index is 1.61. The van der Waals surface area contributed by atoms with Crippen LogP contribution >= 0.6 is 0 Å². The van der Waals surface area contributed by atoms with Crippen LogP contribution in [0, 0.1) is 24.5 Å². The Hall–Kier alpha value is -3.03. The van der Waals surface area contributed by atoms with Gasteiger partial charge in [0, 0.05) is 18.7 Å². The first-order valence-corrected chi connectivity index (χ1v) is 10.8. The van der Waals surface area contributed by atoms with Gasteiger partial charge in [0.25, 0.3) is 0 Å². The Bertz CT molecular complexity index is 1070. The highest BCUT2D eigenvalue weighted by atomic mass is 19.1. The molecule has 4 heterocycles. The summed E-state index contributed by atoms with van der Waals surface area (Å²) >= 11 is 0. The smallest absolute Gasteiger partial charge is 0.139 e. The number of aromatic nitrogens is 1. The number of piperidine rings is 1. The molecule has 2 unspecified atom stereocenters. The van der Waals surface area contributed by atoms with Crippen molar-refractivity contribution in [2.45, 2.75) is 45.7 Å². The van der Waals surface area contributed by atoms with Gasteiger partial charge in [-0.05, 0) is 50.8 Å². The van der Waals surface area contributed by atoms with Gasteiger partial charge in [-0.15, -0.1) is 0 Å². The molecule has 2 atom stereocenters. The fourth-order valence-electron chi connectivity index (χ4n) is 4.59. The summed E-state index contributed by atoms with van der Waals surface area (Å²) in [4.78, 5) is 11.9. The van der Waals surface area contributed by atoms with Crippen LogP contribution in [0.4, 0.5) is 20.3 Å². The molecule has 2 aromatic rings. The molecule has 1 aromatic heterocycles. The van der Waals surface area contributed by atoms with Gasteiger partial charge in [0.2, 0.25) is 0 Å². The van der Waals surface area contributed by atoms with Gasteiger partial charge in [-0.2, -0.15) is 5.10 Å². The Labute approximate surface area is 180 Å². The zero-order valence-corrected chi connectivity index (χ0v) is 17.9. The molecule has 162 valence electrons. The topological polar surface area (TPSA) is 64.9 Å². The number of hydrogen-bond acceptors (Lipinski definition) is 6. The Kier molecular flexibility index (Phi) is 4.87. The van der Waals surface area contributed by atoms with Gasteiger partial charge >= 0.3 is 0 Å². The number of aliphatic imine (C=N–C) groups is 1. The molecule has 0 radical (unpaired) electrons. The van der Waals surface area contributed by atoms with E-state index in [-0.39, 0.29) is 23.5 Å². The van der Waals surface area contributed by atoms with Crippen LogP contribution in [0.3, 0.4) is 0 Å². The zero-order valence-electron chi connectivity index (χ0n) is 17.9. The maximum atomic E-state index is 14.6. The first-order chi connectivity index (χ1) is 14.9. The minimum absolute atomic E-state index is 0.159. The lowest BCUT2D eigenvalue weighted by atomic mass is 9.96. The first kappa shape index (κ1) is 19.9. The lowest BCUT2D eigenvalue weighted by Crippen LogP contribution is -2.34. The van der Waals surface area contributed by atoms with Gasteiger partial charge in [-0.25, -0.2) is 13.8 Å². The van der Waals surface area contributed by atoms with Gasteiger partial charge in [-0.3, -0.25) is 10.4 Å². The highest BCUT2D eigenvalue weighted by Gasteiger charge is 2.37. The predicted octanol–water partition coefficient (Wildman–Crippen LogP) is 4.17. The molecule has 3 aliphatic heterocycles. The van der Waals surface area contributed by atoms with E-state index in [0.717, 1.165) is 60.3 Å². The number of hydrazone groups is 1. The van der Waals surface area contributed by atoms with Crippen LogP contribution in [0.5, 0.6) is 0 Å². The predicted molar refractivity (Wildman–Crippen MR) is 119 cm³/mol. The maximum Gasteiger partial charge on any atom is 0.139 e. The van der Waals surface area contributed by atoms with Gasteiger partial charge < -0.3 is 10.2 Å². The molecule has 0 saturated carbocycles. The third-order valence-corrected chi connectivity index (χ3v) is 6.49. The van der Waals surface area contributed by atoms with Crippen LogP contribution < -0.4 is 15.6 Å². The number of anilines is 2. The molecule has 1 fully saturated rings. The lowest BCUT2D eigenvalue weighted by Gasteiger charge is -2.32. The van der Waals surface area contributed by atoms with E-state index in [9.17, 15) is 8.78 Å². The number of nitrogens with zero attached hydrogens (tertiary/aromatic N) is 4. The molecule has 0 bridgehead atoms. The van der Waals surface area contributed by atoms with E-state index >= 15 is 0 Å². The second-order valence-corrected chi connectivity index (χ2v) is 8.70. The summed E-state index contributed by atoms with van der Waals surface area (Å²) in [7, 11) is 0. The van der Waals surface area contributed by atoms with Gasteiger partial charge in [-0.1, -0.05) is 13.0 Å². The van der Waals surface area contributed by atoms with Crippen LogP contribution in [-0.2, 0) is 0 Å². The number of pyridine rings is 1. The normalized spacial score (nSPS) is 23.2. The summed E-state index contributed by atoms with van der Waals surface area (Å²) in [6.07, 6.45) is 2.28. The van der Waals surface area contributed by atoms with Crippen molar-refractivity contribution in [3.63, 3.8) is 0 Å². The molecule has 1 aromatic carbocycles. The SMILES string of the molecule is CC1=NNC2c3cc(N4CCC(C)CC4)nc(C)c3NC(c3c(F)cccc3F)=NC12. The molecule has 5 rings (SSSR count). The summed E-state index contributed by atoms with van der Waals surface area (Å²) in [5, 5.41) is 7.59. The number of nitrogens with one attached hydrogen (secondary N) is 2. The molecule has 0 amide bonds. The largest absolute Gasteiger partial charge is 0.357 e. The van der Waals surface area contributed by atoms with E-state index in [1.807, 2.05) is 13.8 Å². The van der Waals surface area contributed by atoms with Crippen molar-refractivity contribution in [1.29, 1.82) is 0 Å². The monoisotopic (exact) mass is 424 g/mol. The van der Waals surface area contributed by atoms with Gasteiger partial charge in [0.15, 0.2) is 0 Å². The number of halogens is 2. The summed E-state index contributed by atoms with van der Waals surface area (Å²) in [5.41, 5.74) is 6.24. The van der Waals surface area contributed by atoms with E-state index < -0.39 is 11.6 Å². The molecule has 2 N–H and O–H groups in total. The molecular formula is C23H26F2N6. The van der Waals surface area contributed by atoms with Crippen molar-refractivity contribution in [3.05, 3.63) is 52.7 Å². The highest BCUT2D eigenvalue weighted by Crippen LogP contribution is 2.38. The third-order valence-electron chi connectivity index (χ3n) is 6.49. The van der Waals surface area contributed by atoms with E-state index in [1.165, 1.54) is 18.2 Å². The van der Waals surface area contributed by atoms with Gasteiger partial charge in [0.1, 0.15) is 29.3 Å². The van der Waals surface area contributed by atoms with E-state index in [2.05, 4.69) is 33.7 Å². The van der Waals surface area contributed by atoms with E-state index in [1.54, 1.807) is 0 Å².